The highest BCUT2D eigenvalue weighted by Gasteiger charge is 2.36. The molecule has 1 fully saturated rings. The number of nitrogens with zero attached hydrogens (tertiary/aromatic N) is 2. The van der Waals surface area contributed by atoms with Crippen LogP contribution in [-0.4, -0.2) is 23.2 Å². The van der Waals surface area contributed by atoms with Crippen LogP contribution in [0.4, 0.5) is 5.69 Å². The molecule has 0 aromatic heterocycles. The third-order valence-electron chi connectivity index (χ3n) is 3.12. The molecule has 0 aliphatic carbocycles. The van der Waals surface area contributed by atoms with Crippen LogP contribution in [0.3, 0.4) is 0 Å². The lowest BCUT2D eigenvalue weighted by atomic mass is 10.1. The van der Waals surface area contributed by atoms with Crippen LogP contribution >= 0.6 is 7.59 Å². The first-order chi connectivity index (χ1) is 9.44. The summed E-state index contributed by atoms with van der Waals surface area (Å²) < 4.78 is 13.6. The van der Waals surface area contributed by atoms with E-state index in [1.807, 2.05) is 6.07 Å². The number of amides is 1. The fourth-order valence-electron chi connectivity index (χ4n) is 2.05. The van der Waals surface area contributed by atoms with E-state index in [9.17, 15) is 9.36 Å². The van der Waals surface area contributed by atoms with Gasteiger partial charge < -0.3 is 10.8 Å². The molecule has 7 nitrogen and oxygen atoms in total. The van der Waals surface area contributed by atoms with Crippen molar-refractivity contribution in [2.24, 2.45) is 11.2 Å². The number of rotatable bonds is 3. The zero-order chi connectivity index (χ0) is 14.8. The Balaban J connectivity index is 2.15. The van der Waals surface area contributed by atoms with Gasteiger partial charge in [0.25, 0.3) is 0 Å². The van der Waals surface area contributed by atoms with Gasteiger partial charge >= 0.3 is 7.59 Å². The van der Waals surface area contributed by atoms with Crippen LogP contribution in [0.15, 0.2) is 24.3 Å². The molecule has 2 atom stereocenters. The molecule has 5 N–H and O–H groups in total. The van der Waals surface area contributed by atoms with Gasteiger partial charge in [-0.15, -0.1) is 0 Å². The average molecular weight is 293 g/mol. The van der Waals surface area contributed by atoms with Crippen molar-refractivity contribution in [3.8, 4) is 6.07 Å². The van der Waals surface area contributed by atoms with Crippen LogP contribution in [0.5, 0.6) is 0 Å². The van der Waals surface area contributed by atoms with Gasteiger partial charge in [0.05, 0.1) is 17.7 Å². The molecule has 0 saturated carbocycles. The highest BCUT2D eigenvalue weighted by Crippen LogP contribution is 2.43. The number of carbonyl (C=O) groups excluding carboxylic acids is 1. The molecule has 1 aromatic carbocycles. The second-order valence-corrected chi connectivity index (χ2v) is 6.59. The van der Waals surface area contributed by atoms with E-state index in [1.54, 1.807) is 24.3 Å². The van der Waals surface area contributed by atoms with Gasteiger partial charge in [0.15, 0.2) is 0 Å². The maximum absolute atomic E-state index is 12.5. The first kappa shape index (κ1) is 14.5. The fraction of sp³-hybridized carbons (Fsp3) is 0.333. The molecule has 0 bridgehead atoms. The molecule has 1 aliphatic rings. The average Bonchev–Trinajstić information content (AvgIpc) is 2.42. The summed E-state index contributed by atoms with van der Waals surface area (Å²) in [5.41, 5.74) is 12.4. The Labute approximate surface area is 117 Å². The van der Waals surface area contributed by atoms with Gasteiger partial charge in [-0.2, -0.15) is 5.26 Å². The van der Waals surface area contributed by atoms with Crippen molar-refractivity contribution in [2.45, 2.75) is 18.9 Å². The summed E-state index contributed by atoms with van der Waals surface area (Å²) in [5, 5.41) is 11.4. The maximum atomic E-state index is 12.5. The Morgan fingerprint density at radius 3 is 2.65 bits per heavy atom. The molecule has 0 spiro atoms. The molecule has 1 saturated heterocycles. The van der Waals surface area contributed by atoms with Gasteiger partial charge in [-0.1, -0.05) is 0 Å². The number of carbonyl (C=O) groups is 1. The second-order valence-electron chi connectivity index (χ2n) is 4.63. The van der Waals surface area contributed by atoms with Gasteiger partial charge in [-0.3, -0.25) is 14.0 Å². The summed E-state index contributed by atoms with van der Waals surface area (Å²) in [5.74, 6) is -0.400. The first-order valence-corrected chi connectivity index (χ1v) is 7.91. The first-order valence-electron chi connectivity index (χ1n) is 6.18. The summed E-state index contributed by atoms with van der Waals surface area (Å²) >= 11 is 0. The van der Waals surface area contributed by atoms with Gasteiger partial charge in [-0.25, -0.2) is 5.50 Å². The van der Waals surface area contributed by atoms with Crippen molar-refractivity contribution in [1.82, 2.24) is 4.67 Å². The fourth-order valence-corrected chi connectivity index (χ4v) is 3.57. The largest absolute Gasteiger partial charge is 0.330 e. The predicted octanol–water partition coefficient (Wildman–Crippen LogP) is 0.987. The number of nitrogens with two attached hydrogens (primary N) is 2. The van der Waals surface area contributed by atoms with Crippen LogP contribution in [0.1, 0.15) is 18.4 Å². The summed E-state index contributed by atoms with van der Waals surface area (Å²) in [6, 6.07) is 7.66. The summed E-state index contributed by atoms with van der Waals surface area (Å²) in [6.45, 7) is 0.323. The molecule has 0 radical (unpaired) electrons. The van der Waals surface area contributed by atoms with E-state index in [2.05, 4.69) is 5.09 Å². The zero-order valence-electron chi connectivity index (χ0n) is 10.8. The van der Waals surface area contributed by atoms with Gasteiger partial charge in [0.1, 0.15) is 0 Å². The number of benzene rings is 1. The SMILES string of the molecule is N#Cc1ccc(NP(N)(=O)N2CCC[C@H](N)C2=O)cc1. The van der Waals surface area contributed by atoms with E-state index in [-0.39, 0.29) is 0 Å². The number of hydrogen-bond donors (Lipinski definition) is 3. The van der Waals surface area contributed by atoms with E-state index in [0.29, 0.717) is 30.6 Å². The minimum atomic E-state index is -3.54. The van der Waals surface area contributed by atoms with E-state index in [1.165, 1.54) is 0 Å². The molecule has 1 aromatic rings. The van der Waals surface area contributed by atoms with E-state index in [0.717, 1.165) is 4.67 Å². The monoisotopic (exact) mass is 293 g/mol. The van der Waals surface area contributed by atoms with Crippen molar-refractivity contribution >= 4 is 19.2 Å². The number of anilines is 1. The smallest absolute Gasteiger partial charge is 0.320 e. The summed E-state index contributed by atoms with van der Waals surface area (Å²) in [6.07, 6.45) is 1.25. The molecular weight excluding hydrogens is 277 g/mol. The van der Waals surface area contributed by atoms with Gasteiger partial charge in [-0.05, 0) is 37.1 Å². The Morgan fingerprint density at radius 2 is 2.05 bits per heavy atom. The lowest BCUT2D eigenvalue weighted by Crippen LogP contribution is -2.48. The molecule has 1 unspecified atom stereocenters. The zero-order valence-corrected chi connectivity index (χ0v) is 11.7. The molecule has 1 heterocycles. The quantitative estimate of drug-likeness (QED) is 0.713. The molecule has 20 heavy (non-hydrogen) atoms. The normalized spacial score (nSPS) is 21.9. The summed E-state index contributed by atoms with van der Waals surface area (Å²) in [7, 11) is -3.54. The molecule has 2 rings (SSSR count). The molecular formula is C12H16N5O2P. The lowest BCUT2D eigenvalue weighted by Gasteiger charge is -2.34. The molecule has 8 heteroatoms. The van der Waals surface area contributed by atoms with Gasteiger partial charge in [0, 0.05) is 12.2 Å². The van der Waals surface area contributed by atoms with Crippen molar-refractivity contribution in [1.29, 1.82) is 5.26 Å². The number of hydrogen-bond acceptors (Lipinski definition) is 4. The van der Waals surface area contributed by atoms with Crippen LogP contribution in [0, 0.1) is 11.3 Å². The van der Waals surface area contributed by atoms with Crippen LogP contribution < -0.4 is 16.3 Å². The second kappa shape index (κ2) is 5.63. The lowest BCUT2D eigenvalue weighted by molar-refractivity contribution is -0.129. The molecule has 106 valence electrons. The predicted molar refractivity (Wildman–Crippen MR) is 75.5 cm³/mol. The Bertz CT molecular complexity index is 595. The van der Waals surface area contributed by atoms with E-state index >= 15 is 0 Å². The molecule has 1 aliphatic heterocycles. The number of nitriles is 1. The third kappa shape index (κ3) is 2.99. The standard InChI is InChI=1S/C12H16N5O2P/c13-8-9-3-5-10(6-4-9)16-20(15,19)17-7-1-2-11(14)12(17)18/h3-6,11H,1-2,7,14H2,(H3,15,16,19)/t11-,20?/m0/s1. The van der Waals surface area contributed by atoms with Crippen molar-refractivity contribution in [3.05, 3.63) is 29.8 Å². The third-order valence-corrected chi connectivity index (χ3v) is 4.81. The highest BCUT2D eigenvalue weighted by molar-refractivity contribution is 7.61. The number of nitrogens with one attached hydrogen (secondary N) is 1. The Morgan fingerprint density at radius 1 is 1.40 bits per heavy atom. The molecule has 1 amide bonds. The van der Waals surface area contributed by atoms with Gasteiger partial charge in [0.2, 0.25) is 5.91 Å². The topological polar surface area (TPSA) is 125 Å². The van der Waals surface area contributed by atoms with Crippen LogP contribution in [0.25, 0.3) is 0 Å². The minimum absolute atomic E-state index is 0.323. The maximum Gasteiger partial charge on any atom is 0.330 e. The van der Waals surface area contributed by atoms with Crippen LogP contribution in [0.2, 0.25) is 0 Å². The van der Waals surface area contributed by atoms with E-state index < -0.39 is 19.5 Å². The van der Waals surface area contributed by atoms with Crippen molar-refractivity contribution < 1.29 is 9.36 Å². The Kier molecular flexibility index (Phi) is 4.09. The summed E-state index contributed by atoms with van der Waals surface area (Å²) in [4.78, 5) is 11.9. The Hall–Kier alpha value is -1.87. The van der Waals surface area contributed by atoms with Crippen molar-refractivity contribution in [2.75, 3.05) is 11.6 Å². The van der Waals surface area contributed by atoms with Crippen molar-refractivity contribution in [3.63, 3.8) is 0 Å². The van der Waals surface area contributed by atoms with Crippen LogP contribution in [-0.2, 0) is 9.36 Å². The van der Waals surface area contributed by atoms with E-state index in [4.69, 9.17) is 16.5 Å². The minimum Gasteiger partial charge on any atom is -0.320 e. The highest BCUT2D eigenvalue weighted by atomic mass is 31.2. The number of piperidine rings is 1.